The molecule has 0 bridgehead atoms. The first-order valence-corrected chi connectivity index (χ1v) is 8.31. The maximum absolute atomic E-state index is 11.5. The van der Waals surface area contributed by atoms with Crippen LogP contribution < -0.4 is 4.90 Å². The number of anilines is 1. The molecule has 1 aliphatic heterocycles. The Balaban J connectivity index is 2.30. The van der Waals surface area contributed by atoms with Crippen molar-refractivity contribution in [1.29, 1.82) is 0 Å². The molecule has 0 aliphatic carbocycles. The Bertz CT molecular complexity index is 672. The largest absolute Gasteiger partial charge is 0.348 e. The fourth-order valence-electron chi connectivity index (χ4n) is 2.18. The van der Waals surface area contributed by atoms with Crippen molar-refractivity contribution in [3.8, 4) is 0 Å². The van der Waals surface area contributed by atoms with Crippen molar-refractivity contribution >= 4 is 33.1 Å². The Morgan fingerprint density at radius 2 is 1.81 bits per heavy atom. The zero-order valence-corrected chi connectivity index (χ0v) is 13.1. The molecule has 21 heavy (non-hydrogen) atoms. The Morgan fingerprint density at radius 3 is 2.29 bits per heavy atom. The van der Waals surface area contributed by atoms with Gasteiger partial charge in [-0.1, -0.05) is 0 Å². The van der Waals surface area contributed by atoms with Gasteiger partial charge in [-0.15, -0.1) is 0 Å². The zero-order chi connectivity index (χ0) is 15.8. The molecule has 0 saturated carbocycles. The molecule has 0 radical (unpaired) electrons. The summed E-state index contributed by atoms with van der Waals surface area (Å²) < 4.78 is 24.3. The maximum Gasteiger partial charge on any atom is 0.332 e. The van der Waals surface area contributed by atoms with Gasteiger partial charge in [0.05, 0.1) is 11.2 Å². The smallest absolute Gasteiger partial charge is 0.332 e. The van der Waals surface area contributed by atoms with Crippen molar-refractivity contribution in [2.24, 2.45) is 0 Å². The third-order valence-electron chi connectivity index (χ3n) is 3.20. The van der Waals surface area contributed by atoms with Crippen molar-refractivity contribution < 1.29 is 13.3 Å². The number of hydrogen-bond acceptors (Lipinski definition) is 7. The highest BCUT2D eigenvalue weighted by Gasteiger charge is 2.30. The number of halogens is 1. The molecule has 0 spiro atoms. The average molecular weight is 336 g/mol. The van der Waals surface area contributed by atoms with E-state index in [1.54, 1.807) is 4.90 Å². The first-order valence-electron chi connectivity index (χ1n) is 6.08. The predicted octanol–water partition coefficient (Wildman–Crippen LogP) is 0.428. The van der Waals surface area contributed by atoms with E-state index in [-0.39, 0.29) is 35.6 Å². The minimum atomic E-state index is -3.26. The molecule has 0 unspecified atom stereocenters. The summed E-state index contributed by atoms with van der Waals surface area (Å²) in [6, 6.07) is 0. The molecule has 2 rings (SSSR count). The van der Waals surface area contributed by atoms with E-state index in [1.165, 1.54) is 11.2 Å². The summed E-state index contributed by atoms with van der Waals surface area (Å²) in [5, 5.41) is 11.1. The van der Waals surface area contributed by atoms with Crippen molar-refractivity contribution in [2.75, 3.05) is 37.3 Å². The van der Waals surface area contributed by atoms with Crippen LogP contribution in [0.3, 0.4) is 0 Å². The van der Waals surface area contributed by atoms with Crippen molar-refractivity contribution in [1.82, 2.24) is 14.3 Å². The molecule has 1 saturated heterocycles. The Hall–Kier alpha value is -1.52. The van der Waals surface area contributed by atoms with E-state index in [2.05, 4.69) is 9.97 Å². The number of nitro groups is 1. The molecule has 116 valence electrons. The molecular weight excluding hydrogens is 322 g/mol. The van der Waals surface area contributed by atoms with Crippen LogP contribution >= 0.6 is 11.6 Å². The predicted molar refractivity (Wildman–Crippen MR) is 77.1 cm³/mol. The number of aryl methyl sites for hydroxylation is 1. The van der Waals surface area contributed by atoms with Gasteiger partial charge in [-0.3, -0.25) is 10.1 Å². The van der Waals surface area contributed by atoms with Crippen LogP contribution in [0.5, 0.6) is 0 Å². The normalized spacial score (nSPS) is 17.0. The van der Waals surface area contributed by atoms with E-state index in [4.69, 9.17) is 11.6 Å². The summed E-state index contributed by atoms with van der Waals surface area (Å²) in [6.07, 6.45) is 1.14. The van der Waals surface area contributed by atoms with Crippen LogP contribution in [0.2, 0.25) is 5.28 Å². The van der Waals surface area contributed by atoms with Gasteiger partial charge in [-0.25, -0.2) is 13.4 Å². The molecule has 0 aromatic carbocycles. The van der Waals surface area contributed by atoms with Gasteiger partial charge in [0.1, 0.15) is 5.69 Å². The van der Waals surface area contributed by atoms with Gasteiger partial charge in [-0.2, -0.15) is 9.29 Å². The Labute approximate surface area is 126 Å². The number of sulfonamides is 1. The minimum absolute atomic E-state index is 0.0707. The van der Waals surface area contributed by atoms with Gasteiger partial charge in [-0.05, 0) is 18.5 Å². The molecule has 1 aliphatic rings. The maximum atomic E-state index is 11.5. The van der Waals surface area contributed by atoms with E-state index in [1.807, 2.05) is 0 Å². The number of rotatable bonds is 3. The number of hydrogen-bond donors (Lipinski definition) is 0. The number of nitrogens with zero attached hydrogens (tertiary/aromatic N) is 5. The van der Waals surface area contributed by atoms with Gasteiger partial charge >= 0.3 is 5.69 Å². The minimum Gasteiger partial charge on any atom is -0.348 e. The summed E-state index contributed by atoms with van der Waals surface area (Å²) in [5.74, 6) is 0.130. The lowest BCUT2D eigenvalue weighted by molar-refractivity contribution is -0.385. The van der Waals surface area contributed by atoms with E-state index >= 15 is 0 Å². The van der Waals surface area contributed by atoms with E-state index in [0.29, 0.717) is 13.1 Å². The van der Waals surface area contributed by atoms with Crippen LogP contribution in [0.1, 0.15) is 5.69 Å². The monoisotopic (exact) mass is 335 g/mol. The van der Waals surface area contributed by atoms with Crippen molar-refractivity contribution in [2.45, 2.75) is 6.92 Å². The van der Waals surface area contributed by atoms with Gasteiger partial charge in [0.25, 0.3) is 0 Å². The van der Waals surface area contributed by atoms with E-state index in [9.17, 15) is 18.5 Å². The summed E-state index contributed by atoms with van der Waals surface area (Å²) in [4.78, 5) is 20.0. The molecule has 1 aromatic rings. The van der Waals surface area contributed by atoms with Crippen LogP contribution in [-0.2, 0) is 10.0 Å². The lowest BCUT2D eigenvalue weighted by Crippen LogP contribution is -2.48. The first kappa shape index (κ1) is 15.9. The van der Waals surface area contributed by atoms with Gasteiger partial charge in [0.15, 0.2) is 0 Å². The Kier molecular flexibility index (Phi) is 4.30. The second-order valence-electron chi connectivity index (χ2n) is 4.66. The van der Waals surface area contributed by atoms with Crippen LogP contribution in [0.25, 0.3) is 0 Å². The molecule has 1 aromatic heterocycles. The summed E-state index contributed by atoms with van der Waals surface area (Å²) >= 11 is 5.77. The third-order valence-corrected chi connectivity index (χ3v) is 4.67. The zero-order valence-electron chi connectivity index (χ0n) is 11.5. The second kappa shape index (κ2) is 5.70. The third kappa shape index (κ3) is 3.39. The fraction of sp³-hybridized carbons (Fsp3) is 0.600. The lowest BCUT2D eigenvalue weighted by Gasteiger charge is -2.33. The lowest BCUT2D eigenvalue weighted by atomic mass is 10.3. The van der Waals surface area contributed by atoms with Gasteiger partial charge in [0.2, 0.25) is 21.1 Å². The highest BCUT2D eigenvalue weighted by Crippen LogP contribution is 2.30. The summed E-state index contributed by atoms with van der Waals surface area (Å²) in [5.41, 5.74) is -0.0206. The van der Waals surface area contributed by atoms with Crippen LogP contribution in [0.15, 0.2) is 0 Å². The van der Waals surface area contributed by atoms with Crippen LogP contribution in [0.4, 0.5) is 11.5 Å². The number of piperazine rings is 1. The molecule has 1 fully saturated rings. The Morgan fingerprint density at radius 1 is 1.24 bits per heavy atom. The SMILES string of the molecule is Cc1nc(Cl)nc(N2CCN(S(C)(=O)=O)CC2)c1[N+](=O)[O-]. The van der Waals surface area contributed by atoms with E-state index in [0.717, 1.165) is 6.26 Å². The summed E-state index contributed by atoms with van der Waals surface area (Å²) in [6.45, 7) is 2.59. The quantitative estimate of drug-likeness (QED) is 0.447. The van der Waals surface area contributed by atoms with Crippen LogP contribution in [-0.4, -0.2) is 60.0 Å². The van der Waals surface area contributed by atoms with Crippen LogP contribution in [0, 0.1) is 17.0 Å². The molecule has 11 heteroatoms. The summed E-state index contributed by atoms with van der Waals surface area (Å²) in [7, 11) is -3.26. The highest BCUT2D eigenvalue weighted by molar-refractivity contribution is 7.88. The fourth-order valence-corrected chi connectivity index (χ4v) is 3.22. The van der Waals surface area contributed by atoms with Crippen molar-refractivity contribution in [3.63, 3.8) is 0 Å². The number of aromatic nitrogens is 2. The van der Waals surface area contributed by atoms with E-state index < -0.39 is 14.9 Å². The first-order chi connectivity index (χ1) is 9.70. The molecular formula is C10H14ClN5O4S. The average Bonchev–Trinajstić information content (AvgIpc) is 2.36. The molecule has 0 N–H and O–H groups in total. The molecule has 2 heterocycles. The topological polar surface area (TPSA) is 110 Å². The standard InChI is InChI=1S/C10H14ClN5O4S/c1-7-8(16(17)18)9(13-10(11)12-7)14-3-5-15(6-4-14)21(2,19)20/h3-6H2,1-2H3. The van der Waals surface area contributed by atoms with Gasteiger partial charge in [0, 0.05) is 26.2 Å². The highest BCUT2D eigenvalue weighted by atomic mass is 35.5. The van der Waals surface area contributed by atoms with Gasteiger partial charge < -0.3 is 4.90 Å². The second-order valence-corrected chi connectivity index (χ2v) is 6.98. The molecule has 9 nitrogen and oxygen atoms in total. The van der Waals surface area contributed by atoms with Crippen molar-refractivity contribution in [3.05, 3.63) is 21.1 Å². The molecule has 0 amide bonds. The molecule has 0 atom stereocenters.